The van der Waals surface area contributed by atoms with Gasteiger partial charge in [0.1, 0.15) is 5.60 Å². The van der Waals surface area contributed by atoms with E-state index in [1.165, 1.54) is 0 Å². The lowest BCUT2D eigenvalue weighted by Crippen LogP contribution is -2.62. The van der Waals surface area contributed by atoms with Crippen LogP contribution in [0.3, 0.4) is 0 Å². The monoisotopic (exact) mass is 455 g/mol. The van der Waals surface area contributed by atoms with Gasteiger partial charge in [0, 0.05) is 50.8 Å². The molecule has 0 bridgehead atoms. The normalized spacial score (nSPS) is 23.2. The smallest absolute Gasteiger partial charge is 0.416 e. The minimum atomic E-state index is -4.30. The molecular formula is C24H36F3N3O2. The number of piperidine rings is 1. The molecule has 0 radical (unpaired) electrons. The van der Waals surface area contributed by atoms with Gasteiger partial charge in [-0.05, 0) is 65.2 Å². The largest absolute Gasteiger partial charge is 0.444 e. The summed E-state index contributed by atoms with van der Waals surface area (Å²) in [5.41, 5.74) is -0.163. The van der Waals surface area contributed by atoms with E-state index in [0.29, 0.717) is 25.7 Å². The summed E-state index contributed by atoms with van der Waals surface area (Å²) in [4.78, 5) is 19.0. The van der Waals surface area contributed by atoms with Crippen LogP contribution in [0.15, 0.2) is 24.3 Å². The number of hydrogen-bond donors (Lipinski definition) is 0. The van der Waals surface area contributed by atoms with Crippen molar-refractivity contribution in [2.45, 2.75) is 77.4 Å². The molecule has 3 rings (SSSR count). The second-order valence-electron chi connectivity index (χ2n) is 10.4. The topological polar surface area (TPSA) is 36.0 Å². The zero-order valence-electron chi connectivity index (χ0n) is 19.8. The Bertz CT molecular complexity index is 781. The highest BCUT2D eigenvalue weighted by Gasteiger charge is 2.40. The van der Waals surface area contributed by atoms with Crippen LogP contribution in [0.5, 0.6) is 0 Å². The Labute approximate surface area is 189 Å². The van der Waals surface area contributed by atoms with Crippen LogP contribution >= 0.6 is 0 Å². The predicted molar refractivity (Wildman–Crippen MR) is 118 cm³/mol. The van der Waals surface area contributed by atoms with Gasteiger partial charge in [0.2, 0.25) is 0 Å². The third-order valence-corrected chi connectivity index (χ3v) is 6.69. The number of alkyl halides is 3. The molecule has 0 saturated carbocycles. The molecule has 2 saturated heterocycles. The predicted octanol–water partition coefficient (Wildman–Crippen LogP) is 5.00. The Kier molecular flexibility index (Phi) is 7.15. The zero-order valence-corrected chi connectivity index (χ0v) is 19.8. The first-order valence-corrected chi connectivity index (χ1v) is 11.4. The average molecular weight is 456 g/mol. The van der Waals surface area contributed by atoms with Gasteiger partial charge in [0.15, 0.2) is 0 Å². The Hall–Kier alpha value is -1.80. The Balaban J connectivity index is 1.52. The number of likely N-dealkylation sites (tertiary alicyclic amines) is 1. The number of carbonyl (C=O) groups is 1. The van der Waals surface area contributed by atoms with E-state index in [1.807, 2.05) is 20.8 Å². The lowest BCUT2D eigenvalue weighted by atomic mass is 9.86. The molecule has 0 unspecified atom stereocenters. The number of nitrogens with zero attached hydrogens (tertiary/aromatic N) is 3. The quantitative estimate of drug-likeness (QED) is 0.643. The molecule has 2 aliphatic heterocycles. The molecule has 1 aromatic rings. The van der Waals surface area contributed by atoms with E-state index < -0.39 is 17.3 Å². The van der Waals surface area contributed by atoms with E-state index in [9.17, 15) is 18.0 Å². The van der Waals surface area contributed by atoms with Crippen LogP contribution in [0.25, 0.3) is 0 Å². The maximum absolute atomic E-state index is 12.8. The fraction of sp³-hybridized carbons (Fsp3) is 0.708. The van der Waals surface area contributed by atoms with Crippen molar-refractivity contribution in [2.75, 3.05) is 32.7 Å². The van der Waals surface area contributed by atoms with Crippen LogP contribution in [0, 0.1) is 0 Å². The highest BCUT2D eigenvalue weighted by Crippen LogP contribution is 2.32. The number of ether oxygens (including phenoxy) is 1. The van der Waals surface area contributed by atoms with Gasteiger partial charge >= 0.3 is 12.3 Å². The minimum absolute atomic E-state index is 0.0349. The van der Waals surface area contributed by atoms with E-state index in [0.717, 1.165) is 50.2 Å². The summed E-state index contributed by atoms with van der Waals surface area (Å²) in [6, 6.07) is 5.78. The Morgan fingerprint density at radius 1 is 1.06 bits per heavy atom. The molecular weight excluding hydrogens is 419 g/mol. The van der Waals surface area contributed by atoms with Crippen molar-refractivity contribution < 1.29 is 22.7 Å². The zero-order chi connectivity index (χ0) is 23.7. The van der Waals surface area contributed by atoms with E-state index in [-0.39, 0.29) is 11.6 Å². The number of benzene rings is 1. The summed E-state index contributed by atoms with van der Waals surface area (Å²) in [6.07, 6.45) is -2.74. The van der Waals surface area contributed by atoms with Gasteiger partial charge in [-0.2, -0.15) is 13.2 Å². The molecule has 1 aromatic carbocycles. The first-order valence-electron chi connectivity index (χ1n) is 11.4. The van der Waals surface area contributed by atoms with E-state index in [2.05, 4.69) is 23.6 Å². The highest BCUT2D eigenvalue weighted by molar-refractivity contribution is 5.68. The summed E-state index contributed by atoms with van der Waals surface area (Å²) in [5, 5.41) is 0. The number of amides is 1. The molecule has 8 heteroatoms. The Morgan fingerprint density at radius 2 is 1.66 bits per heavy atom. The van der Waals surface area contributed by atoms with Crippen molar-refractivity contribution in [1.29, 1.82) is 0 Å². The summed E-state index contributed by atoms with van der Waals surface area (Å²) in [6.45, 7) is 14.8. The number of halogens is 3. The fourth-order valence-electron chi connectivity index (χ4n) is 4.57. The average Bonchev–Trinajstić information content (AvgIpc) is 2.68. The number of carbonyl (C=O) groups excluding carboxylic acids is 1. The van der Waals surface area contributed by atoms with Crippen molar-refractivity contribution in [3.63, 3.8) is 0 Å². The number of piperazine rings is 1. The molecule has 0 spiro atoms. The lowest BCUT2D eigenvalue weighted by molar-refractivity contribution is -0.137. The molecule has 5 nitrogen and oxygen atoms in total. The third-order valence-electron chi connectivity index (χ3n) is 6.69. The molecule has 0 N–H and O–H groups in total. The first-order chi connectivity index (χ1) is 14.8. The molecule has 1 amide bonds. The van der Waals surface area contributed by atoms with Gasteiger partial charge in [-0.3, -0.25) is 9.80 Å². The molecule has 32 heavy (non-hydrogen) atoms. The van der Waals surface area contributed by atoms with Gasteiger partial charge in [-0.15, -0.1) is 0 Å². The van der Waals surface area contributed by atoms with Gasteiger partial charge in [0.05, 0.1) is 5.56 Å². The SMILES string of the molecule is C[C@H]1CN(C2(C)CCN(C(=O)OC(C)(C)C)CC2)CCN1Cc1ccc(C(F)(F)F)cc1. The van der Waals surface area contributed by atoms with E-state index >= 15 is 0 Å². The maximum Gasteiger partial charge on any atom is 0.416 e. The molecule has 180 valence electrons. The first kappa shape index (κ1) is 24.8. The van der Waals surface area contributed by atoms with E-state index in [1.54, 1.807) is 17.0 Å². The van der Waals surface area contributed by atoms with Gasteiger partial charge in [0.25, 0.3) is 0 Å². The molecule has 2 heterocycles. The molecule has 2 aliphatic rings. The fourth-order valence-corrected chi connectivity index (χ4v) is 4.57. The van der Waals surface area contributed by atoms with E-state index in [4.69, 9.17) is 4.74 Å². The molecule has 0 aromatic heterocycles. The lowest BCUT2D eigenvalue weighted by Gasteiger charge is -2.51. The summed E-state index contributed by atoms with van der Waals surface area (Å²) in [5.74, 6) is 0. The van der Waals surface area contributed by atoms with Crippen molar-refractivity contribution >= 4 is 6.09 Å². The van der Waals surface area contributed by atoms with Gasteiger partial charge in [-0.1, -0.05) is 12.1 Å². The van der Waals surface area contributed by atoms with Crippen molar-refractivity contribution in [2.24, 2.45) is 0 Å². The van der Waals surface area contributed by atoms with Crippen LogP contribution in [0.1, 0.15) is 58.6 Å². The molecule has 1 atom stereocenters. The van der Waals surface area contributed by atoms with Crippen molar-refractivity contribution in [1.82, 2.24) is 14.7 Å². The minimum Gasteiger partial charge on any atom is -0.444 e. The second kappa shape index (κ2) is 9.21. The van der Waals surface area contributed by atoms with Crippen molar-refractivity contribution in [3.8, 4) is 0 Å². The number of hydrogen-bond acceptors (Lipinski definition) is 4. The van der Waals surface area contributed by atoms with Gasteiger partial charge < -0.3 is 9.64 Å². The van der Waals surface area contributed by atoms with Crippen LogP contribution in [-0.4, -0.2) is 70.7 Å². The number of rotatable bonds is 3. The second-order valence-corrected chi connectivity index (χ2v) is 10.4. The van der Waals surface area contributed by atoms with Crippen LogP contribution in [-0.2, 0) is 17.5 Å². The van der Waals surface area contributed by atoms with Crippen molar-refractivity contribution in [3.05, 3.63) is 35.4 Å². The van der Waals surface area contributed by atoms with Gasteiger partial charge in [-0.25, -0.2) is 4.79 Å². The summed E-state index contributed by atoms with van der Waals surface area (Å²) >= 11 is 0. The third kappa shape index (κ3) is 6.16. The summed E-state index contributed by atoms with van der Waals surface area (Å²) < 4.78 is 43.9. The Morgan fingerprint density at radius 3 is 2.16 bits per heavy atom. The summed E-state index contributed by atoms with van der Waals surface area (Å²) in [7, 11) is 0. The van der Waals surface area contributed by atoms with Crippen LogP contribution in [0.2, 0.25) is 0 Å². The maximum atomic E-state index is 12.8. The van der Waals surface area contributed by atoms with Crippen LogP contribution < -0.4 is 0 Å². The standard InChI is InChI=1S/C24H36F3N3O2/c1-18-16-30(23(5)10-12-28(13-11-23)21(31)32-22(2,3)4)15-14-29(18)17-19-6-8-20(9-7-19)24(25,26)27/h6-9,18H,10-17H2,1-5H3/t18-/m0/s1. The van der Waals surface area contributed by atoms with Crippen LogP contribution in [0.4, 0.5) is 18.0 Å². The highest BCUT2D eigenvalue weighted by atomic mass is 19.4. The molecule has 2 fully saturated rings. The molecule has 0 aliphatic carbocycles.